The Hall–Kier alpha value is -2.35. The second-order valence-corrected chi connectivity index (χ2v) is 7.02. The molecule has 0 N–H and O–H groups in total. The Morgan fingerprint density at radius 1 is 0.880 bits per heavy atom. The molecular formula is C23H27NO. The van der Waals surface area contributed by atoms with Gasteiger partial charge in [-0.2, -0.15) is 0 Å². The fourth-order valence-corrected chi connectivity index (χ4v) is 3.59. The Bertz CT molecular complexity index is 916. The van der Waals surface area contributed by atoms with Gasteiger partial charge in [0.05, 0.1) is 0 Å². The quantitative estimate of drug-likeness (QED) is 0.528. The minimum Gasteiger partial charge on any atom is -0.281 e. The van der Waals surface area contributed by atoms with Gasteiger partial charge in [-0.05, 0) is 67.5 Å². The predicted molar refractivity (Wildman–Crippen MR) is 107 cm³/mol. The molecule has 3 aromatic rings. The van der Waals surface area contributed by atoms with Gasteiger partial charge in [0.25, 0.3) is 5.56 Å². The van der Waals surface area contributed by atoms with Gasteiger partial charge in [0, 0.05) is 16.8 Å². The number of fused-ring (bicyclic) bond motifs is 1. The standard InChI is InChI=1S/C23H27NO/c1-4-5-6-7-11-20-16-19-10-8-9-12-22(19)23(25)24(20)21-14-17(2)13-18(3)15-21/h8-10,12-16H,4-7,11H2,1-3H3. The van der Waals surface area contributed by atoms with Crippen LogP contribution < -0.4 is 5.56 Å². The minimum atomic E-state index is 0.0913. The molecule has 0 amide bonds. The highest BCUT2D eigenvalue weighted by molar-refractivity contribution is 5.82. The first kappa shape index (κ1) is 17.5. The number of rotatable bonds is 6. The van der Waals surface area contributed by atoms with E-state index in [1.54, 1.807) is 0 Å². The molecule has 0 spiro atoms. The Balaban J connectivity index is 2.16. The number of benzene rings is 2. The summed E-state index contributed by atoms with van der Waals surface area (Å²) in [5.41, 5.74) is 4.57. The largest absolute Gasteiger partial charge is 0.281 e. The maximum Gasteiger partial charge on any atom is 0.263 e. The number of hydrogen-bond acceptors (Lipinski definition) is 1. The average Bonchev–Trinajstić information content (AvgIpc) is 2.58. The second-order valence-electron chi connectivity index (χ2n) is 7.02. The van der Waals surface area contributed by atoms with Crippen LogP contribution in [0.15, 0.2) is 53.3 Å². The third-order valence-corrected chi connectivity index (χ3v) is 4.75. The third-order valence-electron chi connectivity index (χ3n) is 4.75. The van der Waals surface area contributed by atoms with E-state index in [2.05, 4.69) is 45.0 Å². The number of hydrogen-bond donors (Lipinski definition) is 0. The van der Waals surface area contributed by atoms with Crippen molar-refractivity contribution in [2.24, 2.45) is 0 Å². The molecule has 0 saturated carbocycles. The van der Waals surface area contributed by atoms with Crippen molar-refractivity contribution in [2.45, 2.75) is 52.9 Å². The highest BCUT2D eigenvalue weighted by Crippen LogP contribution is 2.20. The number of aromatic nitrogens is 1. The number of pyridine rings is 1. The molecule has 2 heteroatoms. The molecule has 0 aliphatic carbocycles. The van der Waals surface area contributed by atoms with Crippen LogP contribution in [0.1, 0.15) is 49.4 Å². The number of aryl methyl sites for hydroxylation is 3. The van der Waals surface area contributed by atoms with E-state index in [0.29, 0.717) is 0 Å². The summed E-state index contributed by atoms with van der Waals surface area (Å²) in [6.45, 7) is 6.40. The molecule has 0 atom stereocenters. The van der Waals surface area contributed by atoms with Crippen molar-refractivity contribution in [3.63, 3.8) is 0 Å². The molecule has 0 aliphatic heterocycles. The molecule has 0 fully saturated rings. The molecule has 2 nitrogen and oxygen atoms in total. The van der Waals surface area contributed by atoms with Crippen molar-refractivity contribution in [3.8, 4) is 5.69 Å². The molecule has 0 radical (unpaired) electrons. The monoisotopic (exact) mass is 333 g/mol. The summed E-state index contributed by atoms with van der Waals surface area (Å²) in [4.78, 5) is 13.2. The van der Waals surface area contributed by atoms with Crippen LogP contribution in [-0.2, 0) is 6.42 Å². The van der Waals surface area contributed by atoms with Crippen molar-refractivity contribution in [1.29, 1.82) is 0 Å². The molecule has 3 rings (SSSR count). The normalized spacial score (nSPS) is 11.2. The first-order chi connectivity index (χ1) is 12.1. The maximum atomic E-state index is 13.2. The van der Waals surface area contributed by atoms with Crippen LogP contribution in [0.25, 0.3) is 16.5 Å². The summed E-state index contributed by atoms with van der Waals surface area (Å²) in [6.07, 6.45) is 5.75. The van der Waals surface area contributed by atoms with Gasteiger partial charge in [0.1, 0.15) is 0 Å². The topological polar surface area (TPSA) is 22.0 Å². The van der Waals surface area contributed by atoms with Crippen LogP contribution in [-0.4, -0.2) is 4.57 Å². The number of unbranched alkanes of at least 4 members (excludes halogenated alkanes) is 3. The Morgan fingerprint density at radius 2 is 1.60 bits per heavy atom. The Morgan fingerprint density at radius 3 is 2.32 bits per heavy atom. The fraction of sp³-hybridized carbons (Fsp3) is 0.348. The highest BCUT2D eigenvalue weighted by Gasteiger charge is 2.11. The van der Waals surface area contributed by atoms with Gasteiger partial charge in [-0.15, -0.1) is 0 Å². The molecule has 1 aromatic heterocycles. The SMILES string of the molecule is CCCCCCc1cc2ccccc2c(=O)n1-c1cc(C)cc(C)c1. The van der Waals surface area contributed by atoms with Gasteiger partial charge >= 0.3 is 0 Å². The molecule has 130 valence electrons. The molecule has 0 aliphatic rings. The van der Waals surface area contributed by atoms with Crippen LogP contribution in [0, 0.1) is 13.8 Å². The van der Waals surface area contributed by atoms with Gasteiger partial charge in [0.15, 0.2) is 0 Å². The zero-order valence-electron chi connectivity index (χ0n) is 15.5. The minimum absolute atomic E-state index is 0.0913. The van der Waals surface area contributed by atoms with Gasteiger partial charge in [-0.3, -0.25) is 9.36 Å². The molecule has 1 heterocycles. The van der Waals surface area contributed by atoms with E-state index in [1.807, 2.05) is 28.8 Å². The zero-order chi connectivity index (χ0) is 17.8. The average molecular weight is 333 g/mol. The summed E-state index contributed by atoms with van der Waals surface area (Å²) in [6, 6.07) is 16.5. The van der Waals surface area contributed by atoms with E-state index in [4.69, 9.17) is 0 Å². The van der Waals surface area contributed by atoms with Crippen LogP contribution in [0.3, 0.4) is 0 Å². The summed E-state index contributed by atoms with van der Waals surface area (Å²) in [5.74, 6) is 0. The van der Waals surface area contributed by atoms with E-state index < -0.39 is 0 Å². The molecule has 0 unspecified atom stereocenters. The smallest absolute Gasteiger partial charge is 0.263 e. The van der Waals surface area contributed by atoms with E-state index in [-0.39, 0.29) is 5.56 Å². The van der Waals surface area contributed by atoms with Crippen molar-refractivity contribution in [3.05, 3.63) is 75.7 Å². The van der Waals surface area contributed by atoms with Crippen molar-refractivity contribution >= 4 is 10.8 Å². The molecule has 0 bridgehead atoms. The van der Waals surface area contributed by atoms with E-state index in [1.165, 1.54) is 30.4 Å². The van der Waals surface area contributed by atoms with Gasteiger partial charge in [-0.25, -0.2) is 0 Å². The van der Waals surface area contributed by atoms with Gasteiger partial charge in [-0.1, -0.05) is 50.5 Å². The van der Waals surface area contributed by atoms with Crippen LogP contribution >= 0.6 is 0 Å². The lowest BCUT2D eigenvalue weighted by molar-refractivity contribution is 0.652. The summed E-state index contributed by atoms with van der Waals surface area (Å²) in [7, 11) is 0. The van der Waals surface area contributed by atoms with Gasteiger partial charge < -0.3 is 0 Å². The van der Waals surface area contributed by atoms with Gasteiger partial charge in [0.2, 0.25) is 0 Å². The van der Waals surface area contributed by atoms with E-state index in [0.717, 1.165) is 35.0 Å². The molecule has 25 heavy (non-hydrogen) atoms. The van der Waals surface area contributed by atoms with Crippen LogP contribution in [0.5, 0.6) is 0 Å². The second kappa shape index (κ2) is 7.69. The fourth-order valence-electron chi connectivity index (χ4n) is 3.59. The molecule has 0 saturated heterocycles. The predicted octanol–water partition coefficient (Wildman–Crippen LogP) is 5.73. The Labute approximate surface area is 150 Å². The first-order valence-corrected chi connectivity index (χ1v) is 9.32. The summed E-state index contributed by atoms with van der Waals surface area (Å²) >= 11 is 0. The van der Waals surface area contributed by atoms with Crippen LogP contribution in [0.2, 0.25) is 0 Å². The third kappa shape index (κ3) is 3.84. The van der Waals surface area contributed by atoms with Crippen molar-refractivity contribution in [2.75, 3.05) is 0 Å². The van der Waals surface area contributed by atoms with E-state index >= 15 is 0 Å². The molecular weight excluding hydrogens is 306 g/mol. The molecule has 2 aromatic carbocycles. The van der Waals surface area contributed by atoms with Crippen LogP contribution in [0.4, 0.5) is 0 Å². The highest BCUT2D eigenvalue weighted by atomic mass is 16.1. The maximum absolute atomic E-state index is 13.2. The van der Waals surface area contributed by atoms with Crippen molar-refractivity contribution in [1.82, 2.24) is 4.57 Å². The first-order valence-electron chi connectivity index (χ1n) is 9.32. The summed E-state index contributed by atoms with van der Waals surface area (Å²) in [5, 5.41) is 1.83. The lowest BCUT2D eigenvalue weighted by atomic mass is 10.1. The van der Waals surface area contributed by atoms with Crippen molar-refractivity contribution < 1.29 is 0 Å². The lowest BCUT2D eigenvalue weighted by Gasteiger charge is -2.16. The Kier molecular flexibility index (Phi) is 5.37. The number of nitrogens with zero attached hydrogens (tertiary/aromatic N) is 1. The summed E-state index contributed by atoms with van der Waals surface area (Å²) < 4.78 is 1.92. The van der Waals surface area contributed by atoms with E-state index in [9.17, 15) is 4.79 Å². The zero-order valence-corrected chi connectivity index (χ0v) is 15.5. The lowest BCUT2D eigenvalue weighted by Crippen LogP contribution is -2.22.